The van der Waals surface area contributed by atoms with Crippen LogP contribution in [0.1, 0.15) is 41.8 Å². The van der Waals surface area contributed by atoms with Crippen molar-refractivity contribution in [3.8, 4) is 11.5 Å². The molecule has 7 nitrogen and oxygen atoms in total. The summed E-state index contributed by atoms with van der Waals surface area (Å²) in [7, 11) is 3.43. The van der Waals surface area contributed by atoms with Gasteiger partial charge in [0.1, 0.15) is 23.0 Å². The van der Waals surface area contributed by atoms with Gasteiger partial charge in [-0.3, -0.25) is 14.8 Å². The van der Waals surface area contributed by atoms with Crippen molar-refractivity contribution in [3.63, 3.8) is 0 Å². The predicted octanol–water partition coefficient (Wildman–Crippen LogP) is 5.68. The van der Waals surface area contributed by atoms with E-state index in [-0.39, 0.29) is 37.0 Å². The van der Waals surface area contributed by atoms with E-state index in [4.69, 9.17) is 4.74 Å². The molecule has 0 radical (unpaired) electrons. The van der Waals surface area contributed by atoms with Gasteiger partial charge in [-0.2, -0.15) is 13.2 Å². The van der Waals surface area contributed by atoms with Crippen LogP contribution in [0.15, 0.2) is 59.7 Å². The van der Waals surface area contributed by atoms with Gasteiger partial charge in [0.25, 0.3) is 0 Å². The molecule has 1 atom stereocenters. The van der Waals surface area contributed by atoms with E-state index in [1.165, 1.54) is 12.1 Å². The van der Waals surface area contributed by atoms with Crippen LogP contribution in [0.2, 0.25) is 0 Å². The maximum atomic E-state index is 13.7. The summed E-state index contributed by atoms with van der Waals surface area (Å²) in [5.74, 6) is 1.36. The van der Waals surface area contributed by atoms with Gasteiger partial charge < -0.3 is 20.3 Å². The maximum absolute atomic E-state index is 13.7. The number of aromatic nitrogens is 1. The van der Waals surface area contributed by atoms with Gasteiger partial charge in [0.15, 0.2) is 0 Å². The number of alkyl halides is 3. The van der Waals surface area contributed by atoms with E-state index in [0.717, 1.165) is 29.6 Å². The number of nitrogens with one attached hydrogen (secondary N) is 2. The van der Waals surface area contributed by atoms with Crippen molar-refractivity contribution in [1.82, 2.24) is 15.2 Å². The van der Waals surface area contributed by atoms with Gasteiger partial charge in [-0.05, 0) is 80.4 Å². The van der Waals surface area contributed by atoms with Gasteiger partial charge in [0.2, 0.25) is 5.91 Å². The molecule has 40 heavy (non-hydrogen) atoms. The number of carbonyl (C=O) groups excluding carboxylic acids is 1. The third-order valence-electron chi connectivity index (χ3n) is 6.83. The SMILES string of the molecule is C.CN(C)Cc1ccc(NC(=O)C2CCc3ccc(Oc4ccnc(C5=NCCN5)c4)cc3C2)cc1C(F)(F)F. The molecule has 212 valence electrons. The molecular formula is C30H34F3N5O2. The molecule has 2 N–H and O–H groups in total. The van der Waals surface area contributed by atoms with Crippen molar-refractivity contribution < 1.29 is 22.7 Å². The summed E-state index contributed by atoms with van der Waals surface area (Å²) < 4.78 is 47.1. The molecule has 10 heteroatoms. The zero-order valence-corrected chi connectivity index (χ0v) is 21.8. The van der Waals surface area contributed by atoms with E-state index in [2.05, 4.69) is 20.6 Å². The van der Waals surface area contributed by atoms with Crippen molar-refractivity contribution in [1.29, 1.82) is 0 Å². The topological polar surface area (TPSA) is 78.9 Å². The highest BCUT2D eigenvalue weighted by Crippen LogP contribution is 2.35. The summed E-state index contributed by atoms with van der Waals surface area (Å²) in [4.78, 5) is 23.5. The number of amidine groups is 1. The van der Waals surface area contributed by atoms with E-state index < -0.39 is 11.7 Å². The molecule has 3 aromatic rings. The number of ether oxygens (including phenoxy) is 1. The minimum absolute atomic E-state index is 0. The Kier molecular flexibility index (Phi) is 8.78. The number of nitrogens with zero attached hydrogens (tertiary/aromatic N) is 3. The van der Waals surface area contributed by atoms with Gasteiger partial charge in [-0.15, -0.1) is 0 Å². The molecule has 2 heterocycles. The molecule has 2 aliphatic rings. The van der Waals surface area contributed by atoms with Crippen LogP contribution in [0.3, 0.4) is 0 Å². The highest BCUT2D eigenvalue weighted by atomic mass is 19.4. The minimum Gasteiger partial charge on any atom is -0.457 e. The van der Waals surface area contributed by atoms with Crippen LogP contribution in [-0.2, 0) is 30.4 Å². The summed E-state index contributed by atoms with van der Waals surface area (Å²) in [6, 6.07) is 13.4. The lowest BCUT2D eigenvalue weighted by molar-refractivity contribution is -0.138. The average molecular weight is 554 g/mol. The molecule has 0 saturated heterocycles. The Morgan fingerprint density at radius 2 is 1.90 bits per heavy atom. The summed E-state index contributed by atoms with van der Waals surface area (Å²) in [5.41, 5.74) is 2.42. The van der Waals surface area contributed by atoms with Crippen molar-refractivity contribution in [3.05, 3.63) is 82.7 Å². The molecule has 0 bridgehead atoms. The Labute approximate surface area is 232 Å². The lowest BCUT2D eigenvalue weighted by atomic mass is 9.83. The van der Waals surface area contributed by atoms with E-state index in [0.29, 0.717) is 43.0 Å². The average Bonchev–Trinajstić information content (AvgIpc) is 3.44. The number of anilines is 1. The second-order valence-electron chi connectivity index (χ2n) is 10.1. The van der Waals surface area contributed by atoms with Crippen LogP contribution in [-0.4, -0.2) is 48.8 Å². The highest BCUT2D eigenvalue weighted by Gasteiger charge is 2.34. The molecule has 1 unspecified atom stereocenters. The first-order chi connectivity index (χ1) is 18.7. The number of carbonyl (C=O) groups is 1. The Hall–Kier alpha value is -3.92. The fourth-order valence-electron chi connectivity index (χ4n) is 4.97. The number of aliphatic imine (C=N–C) groups is 1. The monoisotopic (exact) mass is 553 g/mol. The lowest BCUT2D eigenvalue weighted by Crippen LogP contribution is -2.28. The Balaban J connectivity index is 0.00000370. The molecule has 0 fully saturated rings. The molecule has 1 aliphatic heterocycles. The van der Waals surface area contributed by atoms with Crippen LogP contribution in [0, 0.1) is 5.92 Å². The van der Waals surface area contributed by atoms with E-state index >= 15 is 0 Å². The number of aryl methyl sites for hydroxylation is 1. The lowest BCUT2D eigenvalue weighted by Gasteiger charge is -2.25. The first-order valence-electron chi connectivity index (χ1n) is 12.9. The number of amides is 1. The molecular weight excluding hydrogens is 519 g/mol. The normalized spacial score (nSPS) is 16.4. The predicted molar refractivity (Wildman–Crippen MR) is 150 cm³/mol. The molecule has 1 aromatic heterocycles. The first-order valence-corrected chi connectivity index (χ1v) is 12.9. The van der Waals surface area contributed by atoms with Gasteiger partial charge in [0, 0.05) is 37.0 Å². The number of pyridine rings is 1. The van der Waals surface area contributed by atoms with Gasteiger partial charge >= 0.3 is 6.18 Å². The molecule has 1 amide bonds. The fourth-order valence-corrected chi connectivity index (χ4v) is 4.97. The number of benzene rings is 2. The quantitative estimate of drug-likeness (QED) is 0.394. The second-order valence-corrected chi connectivity index (χ2v) is 10.1. The largest absolute Gasteiger partial charge is 0.457 e. The number of halogens is 3. The van der Waals surface area contributed by atoms with Crippen molar-refractivity contribution >= 4 is 17.4 Å². The van der Waals surface area contributed by atoms with Gasteiger partial charge in [0.05, 0.1) is 12.1 Å². The zero-order chi connectivity index (χ0) is 27.6. The third kappa shape index (κ3) is 6.80. The maximum Gasteiger partial charge on any atom is 0.416 e. The van der Waals surface area contributed by atoms with Crippen LogP contribution < -0.4 is 15.4 Å². The summed E-state index contributed by atoms with van der Waals surface area (Å²) in [5, 5.41) is 5.91. The van der Waals surface area contributed by atoms with E-state index in [1.54, 1.807) is 31.3 Å². The molecule has 2 aromatic carbocycles. The zero-order valence-electron chi connectivity index (χ0n) is 21.8. The van der Waals surface area contributed by atoms with Crippen LogP contribution in [0.25, 0.3) is 0 Å². The minimum atomic E-state index is -4.51. The smallest absolute Gasteiger partial charge is 0.416 e. The Morgan fingerprint density at radius 3 is 2.62 bits per heavy atom. The third-order valence-corrected chi connectivity index (χ3v) is 6.83. The molecule has 0 saturated carbocycles. The molecule has 5 rings (SSSR count). The second kappa shape index (κ2) is 12.1. The summed E-state index contributed by atoms with van der Waals surface area (Å²) >= 11 is 0. The number of rotatable bonds is 7. The highest BCUT2D eigenvalue weighted by molar-refractivity contribution is 5.98. The van der Waals surface area contributed by atoms with E-state index in [9.17, 15) is 18.0 Å². The summed E-state index contributed by atoms with van der Waals surface area (Å²) in [6.45, 7) is 1.65. The number of hydrogen-bond donors (Lipinski definition) is 2. The van der Waals surface area contributed by atoms with Crippen molar-refractivity contribution in [2.45, 2.75) is 39.4 Å². The van der Waals surface area contributed by atoms with Crippen molar-refractivity contribution in [2.24, 2.45) is 10.9 Å². The Morgan fingerprint density at radius 1 is 1.10 bits per heavy atom. The van der Waals surface area contributed by atoms with Crippen LogP contribution in [0.5, 0.6) is 11.5 Å². The summed E-state index contributed by atoms with van der Waals surface area (Å²) in [6.07, 6.45) is -1.04. The van der Waals surface area contributed by atoms with Gasteiger partial charge in [-0.1, -0.05) is 19.6 Å². The first kappa shape index (κ1) is 29.1. The van der Waals surface area contributed by atoms with Crippen molar-refractivity contribution in [2.75, 3.05) is 32.5 Å². The molecule has 0 spiro atoms. The van der Waals surface area contributed by atoms with Crippen LogP contribution in [0.4, 0.5) is 18.9 Å². The Bertz CT molecular complexity index is 1400. The molecule has 1 aliphatic carbocycles. The van der Waals surface area contributed by atoms with E-state index in [1.807, 2.05) is 24.3 Å². The number of hydrogen-bond acceptors (Lipinski definition) is 6. The van der Waals surface area contributed by atoms with Crippen LogP contribution >= 0.6 is 0 Å². The fraction of sp³-hybridized carbons (Fsp3) is 0.367. The van der Waals surface area contributed by atoms with Gasteiger partial charge in [-0.25, -0.2) is 0 Å². The standard InChI is InChI=1S/C29H30F3N5O2.CH4/c1-37(2)17-20-5-7-22(15-25(20)29(30,31)32)36-28(38)19-4-3-18-6-8-23(14-21(18)13-19)39-24-9-10-33-26(16-24)27-34-11-12-35-27;/h5-10,14-16,19H,3-4,11-13,17H2,1-2H3,(H,34,35)(H,36,38);1H4. The number of fused-ring (bicyclic) bond motifs is 1.